The van der Waals surface area contributed by atoms with Crippen LogP contribution in [-0.4, -0.2) is 17.7 Å². The summed E-state index contributed by atoms with van der Waals surface area (Å²) in [5, 5.41) is 5.90. The molecule has 0 saturated carbocycles. The topological polar surface area (TPSA) is 78.5 Å². The van der Waals surface area contributed by atoms with Crippen LogP contribution in [0.5, 0.6) is 0 Å². The molecule has 0 aromatic heterocycles. The minimum absolute atomic E-state index is 0.0674. The first kappa shape index (κ1) is 20.7. The Balaban J connectivity index is 1.54. The maximum absolute atomic E-state index is 12.9. The molecule has 0 radical (unpaired) electrons. The summed E-state index contributed by atoms with van der Waals surface area (Å²) in [4.78, 5) is 38.9. The number of benzene rings is 3. The SMILES string of the molecule is O=C(Nc1ccccc1)c1cccc(NC2=C(Cl)C(=O)N(c3ccc(Cl)cc3)C2=O)c1. The summed E-state index contributed by atoms with van der Waals surface area (Å²) in [6, 6.07) is 21.8. The van der Waals surface area contributed by atoms with E-state index in [1.807, 2.05) is 18.2 Å². The standard InChI is InChI=1S/C23H15Cl2N3O3/c24-15-9-11-18(12-10-15)28-22(30)19(25)20(23(28)31)26-17-8-4-5-14(13-17)21(29)27-16-6-2-1-3-7-16/h1-13,26H,(H,27,29). The molecule has 1 aliphatic heterocycles. The number of nitrogens with zero attached hydrogens (tertiary/aromatic N) is 1. The summed E-state index contributed by atoms with van der Waals surface area (Å²) in [6.45, 7) is 0. The quantitative estimate of drug-likeness (QED) is 0.533. The molecule has 154 valence electrons. The van der Waals surface area contributed by atoms with E-state index in [4.69, 9.17) is 23.2 Å². The van der Waals surface area contributed by atoms with Gasteiger partial charge < -0.3 is 10.6 Å². The van der Waals surface area contributed by atoms with Crippen molar-refractivity contribution >= 4 is 58.0 Å². The Bertz CT molecular complexity index is 1210. The maximum atomic E-state index is 12.9. The maximum Gasteiger partial charge on any atom is 0.283 e. The fourth-order valence-corrected chi connectivity index (χ4v) is 3.38. The highest BCUT2D eigenvalue weighted by Gasteiger charge is 2.38. The number of hydrogen-bond donors (Lipinski definition) is 2. The number of imide groups is 1. The normalized spacial score (nSPS) is 13.5. The first-order valence-electron chi connectivity index (χ1n) is 9.21. The lowest BCUT2D eigenvalue weighted by molar-refractivity contribution is -0.120. The van der Waals surface area contributed by atoms with Crippen LogP contribution in [0.1, 0.15) is 10.4 Å². The first-order valence-corrected chi connectivity index (χ1v) is 9.97. The van der Waals surface area contributed by atoms with Gasteiger partial charge in [-0.3, -0.25) is 14.4 Å². The zero-order valence-electron chi connectivity index (χ0n) is 15.9. The Morgan fingerprint density at radius 2 is 1.45 bits per heavy atom. The number of amides is 3. The monoisotopic (exact) mass is 451 g/mol. The van der Waals surface area contributed by atoms with Gasteiger partial charge in [-0.2, -0.15) is 0 Å². The Morgan fingerprint density at radius 3 is 2.16 bits per heavy atom. The Morgan fingerprint density at radius 1 is 0.774 bits per heavy atom. The van der Waals surface area contributed by atoms with E-state index >= 15 is 0 Å². The number of hydrogen-bond acceptors (Lipinski definition) is 4. The molecule has 0 unspecified atom stereocenters. The smallest absolute Gasteiger partial charge is 0.283 e. The molecule has 0 saturated heterocycles. The molecule has 3 aromatic carbocycles. The molecule has 0 aliphatic carbocycles. The second-order valence-corrected chi connectivity index (χ2v) is 7.45. The molecule has 0 spiro atoms. The van der Waals surface area contributed by atoms with Crippen molar-refractivity contribution in [3.05, 3.63) is 100 Å². The highest BCUT2D eigenvalue weighted by Crippen LogP contribution is 2.31. The molecule has 0 fully saturated rings. The lowest BCUT2D eigenvalue weighted by Crippen LogP contribution is -2.32. The third-order valence-electron chi connectivity index (χ3n) is 4.54. The molecule has 0 bridgehead atoms. The molecule has 1 heterocycles. The van der Waals surface area contributed by atoms with Crippen LogP contribution >= 0.6 is 23.2 Å². The molecule has 0 atom stereocenters. The molecule has 31 heavy (non-hydrogen) atoms. The average Bonchev–Trinajstić information content (AvgIpc) is 2.98. The van der Waals surface area contributed by atoms with E-state index in [1.165, 1.54) is 0 Å². The van der Waals surface area contributed by atoms with Crippen LogP contribution in [0.3, 0.4) is 0 Å². The van der Waals surface area contributed by atoms with E-state index in [2.05, 4.69) is 10.6 Å². The number of rotatable bonds is 5. The summed E-state index contributed by atoms with van der Waals surface area (Å²) < 4.78 is 0. The number of halogens is 2. The van der Waals surface area contributed by atoms with Gasteiger partial charge in [-0.15, -0.1) is 0 Å². The molecule has 3 aromatic rings. The van der Waals surface area contributed by atoms with Crippen molar-refractivity contribution in [1.29, 1.82) is 0 Å². The Kier molecular flexibility index (Phi) is 5.75. The predicted molar refractivity (Wildman–Crippen MR) is 121 cm³/mol. The largest absolute Gasteiger partial charge is 0.350 e. The Hall–Kier alpha value is -3.61. The molecule has 2 N–H and O–H groups in total. The van der Waals surface area contributed by atoms with Gasteiger partial charge in [0, 0.05) is 22.0 Å². The van der Waals surface area contributed by atoms with Crippen LogP contribution in [0.15, 0.2) is 89.6 Å². The summed E-state index contributed by atoms with van der Waals surface area (Å²) in [6.07, 6.45) is 0. The van der Waals surface area contributed by atoms with Gasteiger partial charge >= 0.3 is 0 Å². The van der Waals surface area contributed by atoms with Crippen LogP contribution in [-0.2, 0) is 9.59 Å². The summed E-state index contributed by atoms with van der Waals surface area (Å²) in [5.74, 6) is -1.56. The van der Waals surface area contributed by atoms with Crippen molar-refractivity contribution in [1.82, 2.24) is 0 Å². The van der Waals surface area contributed by atoms with Gasteiger partial charge in [0.15, 0.2) is 0 Å². The zero-order valence-corrected chi connectivity index (χ0v) is 17.4. The highest BCUT2D eigenvalue weighted by molar-refractivity contribution is 6.53. The second kappa shape index (κ2) is 8.63. The fourth-order valence-electron chi connectivity index (χ4n) is 3.04. The summed E-state index contributed by atoms with van der Waals surface area (Å²) in [7, 11) is 0. The molecule has 3 amide bonds. The molecular weight excluding hydrogens is 437 g/mol. The number of carbonyl (C=O) groups excluding carboxylic acids is 3. The van der Waals surface area contributed by atoms with Gasteiger partial charge in [-0.1, -0.05) is 47.5 Å². The molecule has 1 aliphatic rings. The minimum Gasteiger partial charge on any atom is -0.350 e. The highest BCUT2D eigenvalue weighted by atomic mass is 35.5. The second-order valence-electron chi connectivity index (χ2n) is 6.64. The van der Waals surface area contributed by atoms with E-state index in [1.54, 1.807) is 60.7 Å². The predicted octanol–water partition coefficient (Wildman–Crippen LogP) is 5.03. The van der Waals surface area contributed by atoms with Crippen molar-refractivity contribution < 1.29 is 14.4 Å². The van der Waals surface area contributed by atoms with Crippen molar-refractivity contribution in [3.8, 4) is 0 Å². The van der Waals surface area contributed by atoms with Crippen molar-refractivity contribution in [2.75, 3.05) is 15.5 Å². The lowest BCUT2D eigenvalue weighted by atomic mass is 10.1. The van der Waals surface area contributed by atoms with Crippen molar-refractivity contribution in [2.45, 2.75) is 0 Å². The van der Waals surface area contributed by atoms with E-state index in [0.29, 0.717) is 27.6 Å². The third kappa shape index (κ3) is 4.30. The van der Waals surface area contributed by atoms with Gasteiger partial charge in [-0.25, -0.2) is 4.90 Å². The van der Waals surface area contributed by atoms with Crippen molar-refractivity contribution in [3.63, 3.8) is 0 Å². The van der Waals surface area contributed by atoms with Crippen LogP contribution in [0.2, 0.25) is 5.02 Å². The van der Waals surface area contributed by atoms with Crippen LogP contribution in [0.25, 0.3) is 0 Å². The van der Waals surface area contributed by atoms with Gasteiger partial charge in [0.05, 0.1) is 5.69 Å². The van der Waals surface area contributed by atoms with E-state index in [0.717, 1.165) is 4.90 Å². The van der Waals surface area contributed by atoms with E-state index in [-0.39, 0.29) is 16.6 Å². The van der Waals surface area contributed by atoms with Gasteiger partial charge in [0.25, 0.3) is 17.7 Å². The van der Waals surface area contributed by atoms with Crippen LogP contribution < -0.4 is 15.5 Å². The zero-order chi connectivity index (χ0) is 22.0. The number of nitrogens with one attached hydrogen (secondary N) is 2. The van der Waals surface area contributed by atoms with Gasteiger partial charge in [0.2, 0.25) is 0 Å². The molecule has 6 nitrogen and oxygen atoms in total. The average molecular weight is 452 g/mol. The number of para-hydroxylation sites is 1. The third-order valence-corrected chi connectivity index (χ3v) is 5.14. The van der Waals surface area contributed by atoms with E-state index in [9.17, 15) is 14.4 Å². The minimum atomic E-state index is -0.644. The van der Waals surface area contributed by atoms with Crippen LogP contribution in [0.4, 0.5) is 17.1 Å². The Labute approximate surface area is 188 Å². The lowest BCUT2D eigenvalue weighted by Gasteiger charge is -2.15. The summed E-state index contributed by atoms with van der Waals surface area (Å²) >= 11 is 12.0. The van der Waals surface area contributed by atoms with Crippen LogP contribution in [0, 0.1) is 0 Å². The van der Waals surface area contributed by atoms with Gasteiger partial charge in [-0.05, 0) is 54.6 Å². The fraction of sp³-hybridized carbons (Fsp3) is 0. The van der Waals surface area contributed by atoms with Gasteiger partial charge in [0.1, 0.15) is 10.7 Å². The molecule has 8 heteroatoms. The van der Waals surface area contributed by atoms with Crippen molar-refractivity contribution in [2.24, 2.45) is 0 Å². The first-order chi connectivity index (χ1) is 14.9. The summed E-state index contributed by atoms with van der Waals surface area (Å²) in [5.41, 5.74) is 1.75. The molecule has 4 rings (SSSR count). The van der Waals surface area contributed by atoms with E-state index < -0.39 is 11.8 Å². The number of carbonyl (C=O) groups is 3. The number of anilines is 3. The molecular formula is C23H15Cl2N3O3.